The van der Waals surface area contributed by atoms with Crippen LogP contribution >= 0.6 is 11.8 Å². The Morgan fingerprint density at radius 3 is 2.39 bits per heavy atom. The highest BCUT2D eigenvalue weighted by atomic mass is 32.2. The molecule has 0 spiro atoms. The van der Waals surface area contributed by atoms with Crippen molar-refractivity contribution >= 4 is 29.3 Å². The maximum Gasteiger partial charge on any atom is 0.251 e. The Balaban J connectivity index is 2.63. The number of benzene rings is 1. The molecule has 0 aromatic heterocycles. The van der Waals surface area contributed by atoms with Crippen LogP contribution in [0.15, 0.2) is 24.3 Å². The van der Waals surface area contributed by atoms with Gasteiger partial charge in [0.2, 0.25) is 5.91 Å². The Hall–Kier alpha value is -1.53. The molecule has 0 saturated carbocycles. The molecule has 1 rings (SSSR count). The zero-order valence-corrected chi connectivity index (χ0v) is 15.1. The van der Waals surface area contributed by atoms with Gasteiger partial charge in [-0.05, 0) is 63.0 Å². The van der Waals surface area contributed by atoms with Gasteiger partial charge in [0.05, 0.1) is 6.04 Å². The summed E-state index contributed by atoms with van der Waals surface area (Å²) in [5.74, 6) is 0.524. The van der Waals surface area contributed by atoms with Crippen LogP contribution < -0.4 is 16.4 Å². The van der Waals surface area contributed by atoms with Gasteiger partial charge >= 0.3 is 0 Å². The standard InChI is InChI=1S/C17H27N3O2S/c1-5-17(2,3)20-15(21)12-6-8-13(9-7-12)19-16(22)14(18)10-11-23-4/h6-9,14H,5,10-11,18H2,1-4H3,(H,19,22)(H,20,21)/t14-/m0/s1. The number of thioether (sulfide) groups is 1. The predicted octanol–water partition coefficient (Wildman–Crippen LogP) is 2.62. The van der Waals surface area contributed by atoms with Gasteiger partial charge in [-0.3, -0.25) is 9.59 Å². The molecule has 0 aliphatic rings. The molecule has 0 aliphatic carbocycles. The van der Waals surface area contributed by atoms with Crippen LogP contribution in [-0.4, -0.2) is 35.4 Å². The number of carbonyl (C=O) groups is 2. The van der Waals surface area contributed by atoms with Crippen molar-refractivity contribution in [2.75, 3.05) is 17.3 Å². The summed E-state index contributed by atoms with van der Waals surface area (Å²) in [4.78, 5) is 24.1. The van der Waals surface area contributed by atoms with Gasteiger partial charge in [-0.15, -0.1) is 0 Å². The molecular formula is C17H27N3O2S. The molecule has 1 aromatic rings. The van der Waals surface area contributed by atoms with Gasteiger partial charge in [-0.25, -0.2) is 0 Å². The normalized spacial score (nSPS) is 12.6. The maximum atomic E-state index is 12.2. The summed E-state index contributed by atoms with van der Waals surface area (Å²) >= 11 is 1.66. The van der Waals surface area contributed by atoms with Crippen molar-refractivity contribution in [1.29, 1.82) is 0 Å². The molecule has 128 valence electrons. The van der Waals surface area contributed by atoms with Crippen LogP contribution in [0.5, 0.6) is 0 Å². The maximum absolute atomic E-state index is 12.2. The SMILES string of the molecule is CCC(C)(C)NC(=O)c1ccc(NC(=O)[C@@H](N)CCSC)cc1. The Morgan fingerprint density at radius 2 is 1.87 bits per heavy atom. The molecule has 0 saturated heterocycles. The molecule has 0 heterocycles. The summed E-state index contributed by atoms with van der Waals surface area (Å²) in [6, 6.07) is 6.31. The smallest absolute Gasteiger partial charge is 0.251 e. The Morgan fingerprint density at radius 1 is 1.26 bits per heavy atom. The molecule has 2 amide bonds. The Bertz CT molecular complexity index is 529. The van der Waals surface area contributed by atoms with E-state index in [1.54, 1.807) is 36.0 Å². The van der Waals surface area contributed by atoms with E-state index in [0.717, 1.165) is 12.2 Å². The lowest BCUT2D eigenvalue weighted by Gasteiger charge is -2.24. The van der Waals surface area contributed by atoms with Crippen molar-refractivity contribution in [1.82, 2.24) is 5.32 Å². The summed E-state index contributed by atoms with van der Waals surface area (Å²) in [7, 11) is 0. The lowest BCUT2D eigenvalue weighted by Crippen LogP contribution is -2.42. The number of carbonyl (C=O) groups excluding carboxylic acids is 2. The van der Waals surface area contributed by atoms with Crippen molar-refractivity contribution in [3.05, 3.63) is 29.8 Å². The third-order valence-corrected chi connectivity index (χ3v) is 4.36. The van der Waals surface area contributed by atoms with Crippen molar-refractivity contribution in [2.24, 2.45) is 5.73 Å². The molecule has 1 atom stereocenters. The number of nitrogens with one attached hydrogen (secondary N) is 2. The molecule has 0 fully saturated rings. The highest BCUT2D eigenvalue weighted by Crippen LogP contribution is 2.13. The largest absolute Gasteiger partial charge is 0.347 e. The number of anilines is 1. The summed E-state index contributed by atoms with van der Waals surface area (Å²) in [5.41, 5.74) is 6.79. The van der Waals surface area contributed by atoms with Gasteiger partial charge < -0.3 is 16.4 Å². The quantitative estimate of drug-likeness (QED) is 0.681. The lowest BCUT2D eigenvalue weighted by molar-refractivity contribution is -0.117. The van der Waals surface area contributed by atoms with E-state index < -0.39 is 6.04 Å². The Labute approximate surface area is 142 Å². The van der Waals surface area contributed by atoms with E-state index in [1.165, 1.54) is 0 Å². The molecule has 0 bridgehead atoms. The van der Waals surface area contributed by atoms with E-state index in [4.69, 9.17) is 5.73 Å². The topological polar surface area (TPSA) is 84.2 Å². The minimum Gasteiger partial charge on any atom is -0.347 e. The third kappa shape index (κ3) is 6.62. The van der Waals surface area contributed by atoms with E-state index in [1.807, 2.05) is 27.0 Å². The molecule has 23 heavy (non-hydrogen) atoms. The van der Waals surface area contributed by atoms with Crippen LogP contribution in [0, 0.1) is 0 Å². The summed E-state index contributed by atoms with van der Waals surface area (Å²) < 4.78 is 0. The molecule has 0 radical (unpaired) electrons. The summed E-state index contributed by atoms with van der Waals surface area (Å²) in [6.07, 6.45) is 3.47. The highest BCUT2D eigenvalue weighted by molar-refractivity contribution is 7.98. The number of amides is 2. The number of hydrogen-bond acceptors (Lipinski definition) is 4. The molecule has 6 heteroatoms. The zero-order valence-electron chi connectivity index (χ0n) is 14.3. The van der Waals surface area contributed by atoms with Gasteiger partial charge in [-0.2, -0.15) is 11.8 Å². The van der Waals surface area contributed by atoms with Crippen molar-refractivity contribution < 1.29 is 9.59 Å². The van der Waals surface area contributed by atoms with Gasteiger partial charge in [0.15, 0.2) is 0 Å². The summed E-state index contributed by atoms with van der Waals surface area (Å²) in [5, 5.41) is 5.75. The van der Waals surface area contributed by atoms with E-state index in [9.17, 15) is 9.59 Å². The van der Waals surface area contributed by atoms with Crippen molar-refractivity contribution in [3.63, 3.8) is 0 Å². The first-order valence-corrected chi connectivity index (χ1v) is 9.16. The number of hydrogen-bond donors (Lipinski definition) is 3. The van der Waals surface area contributed by atoms with Crippen LogP contribution in [0.3, 0.4) is 0 Å². The molecular weight excluding hydrogens is 310 g/mol. The second-order valence-corrected chi connectivity index (χ2v) is 7.13. The molecule has 5 nitrogen and oxygen atoms in total. The Kier molecular flexibility index (Phi) is 7.58. The first-order valence-electron chi connectivity index (χ1n) is 7.77. The third-order valence-electron chi connectivity index (χ3n) is 3.72. The molecule has 0 unspecified atom stereocenters. The first-order chi connectivity index (χ1) is 10.8. The van der Waals surface area contributed by atoms with E-state index in [2.05, 4.69) is 10.6 Å². The molecule has 1 aromatic carbocycles. The fourth-order valence-electron chi connectivity index (χ4n) is 1.78. The second-order valence-electron chi connectivity index (χ2n) is 6.15. The second kappa shape index (κ2) is 8.93. The van der Waals surface area contributed by atoms with E-state index in [-0.39, 0.29) is 17.4 Å². The minimum atomic E-state index is -0.518. The average Bonchev–Trinajstić information content (AvgIpc) is 2.52. The summed E-state index contributed by atoms with van der Waals surface area (Å²) in [6.45, 7) is 5.99. The fraction of sp³-hybridized carbons (Fsp3) is 0.529. The first kappa shape index (κ1) is 19.5. The fourth-order valence-corrected chi connectivity index (χ4v) is 2.27. The minimum absolute atomic E-state index is 0.119. The molecule has 4 N–H and O–H groups in total. The zero-order chi connectivity index (χ0) is 17.5. The van der Waals surface area contributed by atoms with Crippen molar-refractivity contribution in [3.8, 4) is 0 Å². The van der Waals surface area contributed by atoms with Crippen molar-refractivity contribution in [2.45, 2.75) is 45.2 Å². The average molecular weight is 337 g/mol. The van der Waals surface area contributed by atoms with Crippen LogP contribution in [0.4, 0.5) is 5.69 Å². The van der Waals surface area contributed by atoms with Gasteiger partial charge in [0.25, 0.3) is 5.91 Å². The number of nitrogens with two attached hydrogens (primary N) is 1. The van der Waals surface area contributed by atoms with Crippen LogP contribution in [0.2, 0.25) is 0 Å². The van der Waals surface area contributed by atoms with Crippen LogP contribution in [0.25, 0.3) is 0 Å². The molecule has 0 aliphatic heterocycles. The van der Waals surface area contributed by atoms with Gasteiger partial charge in [-0.1, -0.05) is 6.92 Å². The lowest BCUT2D eigenvalue weighted by atomic mass is 10.0. The van der Waals surface area contributed by atoms with E-state index >= 15 is 0 Å². The van der Waals surface area contributed by atoms with E-state index in [0.29, 0.717) is 17.7 Å². The monoisotopic (exact) mass is 337 g/mol. The van der Waals surface area contributed by atoms with Crippen LogP contribution in [0.1, 0.15) is 44.0 Å². The predicted molar refractivity (Wildman–Crippen MR) is 97.9 cm³/mol. The van der Waals surface area contributed by atoms with Gasteiger partial charge in [0.1, 0.15) is 0 Å². The number of rotatable bonds is 8. The highest BCUT2D eigenvalue weighted by Gasteiger charge is 2.19. The van der Waals surface area contributed by atoms with Gasteiger partial charge in [0, 0.05) is 16.8 Å². The van der Waals surface area contributed by atoms with Crippen LogP contribution in [-0.2, 0) is 4.79 Å².